The summed E-state index contributed by atoms with van der Waals surface area (Å²) >= 11 is 6.39. The first-order valence-corrected chi connectivity index (χ1v) is 10.0. The van der Waals surface area contributed by atoms with Gasteiger partial charge in [0.05, 0.1) is 28.6 Å². The fourth-order valence-electron chi connectivity index (χ4n) is 3.24. The lowest BCUT2D eigenvalue weighted by Crippen LogP contribution is -2.26. The smallest absolute Gasteiger partial charge is 0.270 e. The number of rotatable bonds is 5. The van der Waals surface area contributed by atoms with Crippen LogP contribution in [0, 0.1) is 13.8 Å². The third-order valence-corrected chi connectivity index (χ3v) is 5.17. The Morgan fingerprint density at radius 2 is 1.83 bits per heavy atom. The molecule has 0 unspecified atom stereocenters. The zero-order valence-corrected chi connectivity index (χ0v) is 17.5. The van der Waals surface area contributed by atoms with Crippen LogP contribution < -0.4 is 5.32 Å². The molecular formula is C24H21ClN4O. The van der Waals surface area contributed by atoms with Gasteiger partial charge >= 0.3 is 0 Å². The predicted octanol–water partition coefficient (Wildman–Crippen LogP) is 5.13. The van der Waals surface area contributed by atoms with Gasteiger partial charge in [-0.15, -0.1) is 0 Å². The molecule has 0 aliphatic heterocycles. The molecule has 6 heteroatoms. The van der Waals surface area contributed by atoms with Crippen LogP contribution in [0.1, 0.15) is 27.3 Å². The van der Waals surface area contributed by atoms with Crippen LogP contribution in [0.5, 0.6) is 0 Å². The van der Waals surface area contributed by atoms with Crippen molar-refractivity contribution in [3.8, 4) is 16.9 Å². The van der Waals surface area contributed by atoms with Crippen LogP contribution in [0.25, 0.3) is 16.9 Å². The maximum absolute atomic E-state index is 13.1. The van der Waals surface area contributed by atoms with E-state index in [0.29, 0.717) is 23.0 Å². The Morgan fingerprint density at radius 3 is 2.60 bits per heavy atom. The zero-order valence-electron chi connectivity index (χ0n) is 16.8. The van der Waals surface area contributed by atoms with E-state index < -0.39 is 0 Å². The molecular weight excluding hydrogens is 396 g/mol. The number of nitrogens with zero attached hydrogens (tertiary/aromatic N) is 3. The SMILES string of the molecule is Cc1ccc(C)c(-n2nc(-c3ccccc3Cl)cc2C(=O)NCc2ccccn2)c1. The number of amides is 1. The number of aromatic nitrogens is 3. The van der Waals surface area contributed by atoms with Gasteiger partial charge in [-0.3, -0.25) is 9.78 Å². The third kappa shape index (κ3) is 4.11. The van der Waals surface area contributed by atoms with Gasteiger partial charge in [-0.25, -0.2) is 4.68 Å². The molecule has 0 spiro atoms. The summed E-state index contributed by atoms with van der Waals surface area (Å²) < 4.78 is 1.69. The van der Waals surface area contributed by atoms with Crippen LogP contribution in [0.3, 0.4) is 0 Å². The molecule has 150 valence electrons. The van der Waals surface area contributed by atoms with Gasteiger partial charge in [0, 0.05) is 11.8 Å². The number of benzene rings is 2. The Morgan fingerprint density at radius 1 is 1.03 bits per heavy atom. The number of hydrogen-bond donors (Lipinski definition) is 1. The van der Waals surface area contributed by atoms with Gasteiger partial charge in [0.2, 0.25) is 0 Å². The van der Waals surface area contributed by atoms with Gasteiger partial charge in [0.25, 0.3) is 5.91 Å². The number of carbonyl (C=O) groups is 1. The molecule has 0 atom stereocenters. The van der Waals surface area contributed by atoms with Crippen molar-refractivity contribution in [2.45, 2.75) is 20.4 Å². The van der Waals surface area contributed by atoms with E-state index in [9.17, 15) is 4.79 Å². The van der Waals surface area contributed by atoms with Crippen LogP contribution in [-0.2, 0) is 6.54 Å². The number of hydrogen-bond acceptors (Lipinski definition) is 3. The average molecular weight is 417 g/mol. The summed E-state index contributed by atoms with van der Waals surface area (Å²) in [6.07, 6.45) is 1.71. The van der Waals surface area contributed by atoms with Crippen molar-refractivity contribution in [3.05, 3.63) is 100 Å². The molecule has 2 heterocycles. The van der Waals surface area contributed by atoms with Gasteiger partial charge in [-0.05, 0) is 55.3 Å². The number of aryl methyl sites for hydroxylation is 2. The van der Waals surface area contributed by atoms with E-state index in [2.05, 4.69) is 10.3 Å². The Bertz CT molecular complexity index is 1200. The molecule has 4 rings (SSSR count). The highest BCUT2D eigenvalue weighted by atomic mass is 35.5. The van der Waals surface area contributed by atoms with Gasteiger partial charge in [0.15, 0.2) is 0 Å². The number of nitrogens with one attached hydrogen (secondary N) is 1. The highest BCUT2D eigenvalue weighted by Gasteiger charge is 2.20. The van der Waals surface area contributed by atoms with E-state index in [4.69, 9.17) is 16.7 Å². The molecule has 0 aliphatic carbocycles. The van der Waals surface area contributed by atoms with E-state index in [-0.39, 0.29) is 5.91 Å². The summed E-state index contributed by atoms with van der Waals surface area (Å²) in [6.45, 7) is 4.35. The maximum atomic E-state index is 13.1. The topological polar surface area (TPSA) is 59.8 Å². The fourth-order valence-corrected chi connectivity index (χ4v) is 3.47. The van der Waals surface area contributed by atoms with E-state index in [0.717, 1.165) is 28.1 Å². The summed E-state index contributed by atoms with van der Waals surface area (Å²) in [6, 6.07) is 21.0. The second-order valence-corrected chi connectivity index (χ2v) is 7.51. The minimum Gasteiger partial charge on any atom is -0.345 e. The molecule has 30 heavy (non-hydrogen) atoms. The molecule has 0 bridgehead atoms. The molecule has 0 radical (unpaired) electrons. The Hall–Kier alpha value is -3.44. The summed E-state index contributed by atoms with van der Waals surface area (Å²) in [4.78, 5) is 17.4. The first kappa shape index (κ1) is 19.9. The second kappa shape index (κ2) is 8.51. The quantitative estimate of drug-likeness (QED) is 0.490. The van der Waals surface area contributed by atoms with Crippen LogP contribution in [-0.4, -0.2) is 20.7 Å². The third-order valence-electron chi connectivity index (χ3n) is 4.84. The van der Waals surface area contributed by atoms with Crippen LogP contribution in [0.4, 0.5) is 0 Å². The van der Waals surface area contributed by atoms with Crippen molar-refractivity contribution >= 4 is 17.5 Å². The summed E-state index contributed by atoms with van der Waals surface area (Å²) in [7, 11) is 0. The summed E-state index contributed by atoms with van der Waals surface area (Å²) in [5.74, 6) is -0.229. The first-order chi connectivity index (χ1) is 14.5. The van der Waals surface area contributed by atoms with Gasteiger partial charge in [0.1, 0.15) is 5.69 Å². The predicted molar refractivity (Wildman–Crippen MR) is 119 cm³/mol. The summed E-state index contributed by atoms with van der Waals surface area (Å²) in [5.41, 5.74) is 5.62. The van der Waals surface area contributed by atoms with Crippen molar-refractivity contribution in [1.29, 1.82) is 0 Å². The van der Waals surface area contributed by atoms with E-state index in [1.165, 1.54) is 0 Å². The van der Waals surface area contributed by atoms with Crippen molar-refractivity contribution in [3.63, 3.8) is 0 Å². The number of halogens is 1. The first-order valence-electron chi connectivity index (χ1n) is 9.63. The largest absolute Gasteiger partial charge is 0.345 e. The molecule has 2 aromatic heterocycles. The monoisotopic (exact) mass is 416 g/mol. The van der Waals surface area contributed by atoms with Crippen LogP contribution >= 0.6 is 11.6 Å². The van der Waals surface area contributed by atoms with E-state index in [1.807, 2.05) is 74.5 Å². The second-order valence-electron chi connectivity index (χ2n) is 7.10. The highest BCUT2D eigenvalue weighted by Crippen LogP contribution is 2.29. The molecule has 0 saturated heterocycles. The molecule has 4 aromatic rings. The fraction of sp³-hybridized carbons (Fsp3) is 0.125. The Labute approximate surface area is 180 Å². The summed E-state index contributed by atoms with van der Waals surface area (Å²) in [5, 5.41) is 8.28. The minimum absolute atomic E-state index is 0.229. The van der Waals surface area contributed by atoms with Crippen LogP contribution in [0.15, 0.2) is 72.9 Å². The lowest BCUT2D eigenvalue weighted by molar-refractivity contribution is 0.0942. The number of pyridine rings is 1. The molecule has 0 aliphatic rings. The van der Waals surface area contributed by atoms with Crippen molar-refractivity contribution in [2.24, 2.45) is 0 Å². The Balaban J connectivity index is 1.76. The van der Waals surface area contributed by atoms with E-state index in [1.54, 1.807) is 16.9 Å². The maximum Gasteiger partial charge on any atom is 0.270 e. The zero-order chi connectivity index (χ0) is 21.1. The normalized spacial score (nSPS) is 10.8. The van der Waals surface area contributed by atoms with Gasteiger partial charge < -0.3 is 5.32 Å². The van der Waals surface area contributed by atoms with Crippen molar-refractivity contribution in [1.82, 2.24) is 20.1 Å². The molecule has 1 N–H and O–H groups in total. The number of carbonyl (C=O) groups excluding carboxylic acids is 1. The lowest BCUT2D eigenvalue weighted by atomic mass is 10.1. The average Bonchev–Trinajstić information content (AvgIpc) is 3.20. The molecule has 0 saturated carbocycles. The van der Waals surface area contributed by atoms with E-state index >= 15 is 0 Å². The highest BCUT2D eigenvalue weighted by molar-refractivity contribution is 6.33. The van der Waals surface area contributed by atoms with Crippen molar-refractivity contribution < 1.29 is 4.79 Å². The molecule has 1 amide bonds. The Kier molecular flexibility index (Phi) is 5.63. The standard InChI is InChI=1S/C24H21ClN4O/c1-16-10-11-17(2)22(13-16)29-23(24(30)27-15-18-7-5-6-12-26-18)14-21(28-29)19-8-3-4-9-20(19)25/h3-14H,15H2,1-2H3,(H,27,30). The molecule has 2 aromatic carbocycles. The molecule has 5 nitrogen and oxygen atoms in total. The van der Waals surface area contributed by atoms with Gasteiger partial charge in [-0.2, -0.15) is 5.10 Å². The minimum atomic E-state index is -0.229. The van der Waals surface area contributed by atoms with Gasteiger partial charge in [-0.1, -0.05) is 48.0 Å². The van der Waals surface area contributed by atoms with Crippen LogP contribution in [0.2, 0.25) is 5.02 Å². The molecule has 0 fully saturated rings. The lowest BCUT2D eigenvalue weighted by Gasteiger charge is -2.11. The van der Waals surface area contributed by atoms with Crippen molar-refractivity contribution in [2.75, 3.05) is 0 Å².